The highest BCUT2D eigenvalue weighted by atomic mass is 16.1. The molecule has 0 amide bonds. The predicted octanol–water partition coefficient (Wildman–Crippen LogP) is 3.80. The predicted molar refractivity (Wildman–Crippen MR) is 63.9 cm³/mol. The van der Waals surface area contributed by atoms with Gasteiger partial charge in [-0.2, -0.15) is 0 Å². The van der Waals surface area contributed by atoms with Gasteiger partial charge in [0, 0.05) is 5.41 Å². The van der Waals surface area contributed by atoms with E-state index >= 15 is 0 Å². The first-order valence-corrected chi connectivity index (χ1v) is 5.56. The lowest BCUT2D eigenvalue weighted by molar-refractivity contribution is -0.126. The van der Waals surface area contributed by atoms with E-state index in [1.807, 2.05) is 32.0 Å². The maximum Gasteiger partial charge on any atom is 0.136 e. The Morgan fingerprint density at radius 1 is 1.27 bits per heavy atom. The molecule has 0 fully saturated rings. The third kappa shape index (κ3) is 2.47. The molecule has 0 unspecified atom stereocenters. The Hall–Kier alpha value is -1.11. The second-order valence-corrected chi connectivity index (χ2v) is 4.65. The van der Waals surface area contributed by atoms with Crippen LogP contribution in [0.2, 0.25) is 0 Å². The molecule has 0 aliphatic carbocycles. The molecule has 0 heterocycles. The summed E-state index contributed by atoms with van der Waals surface area (Å²) in [5.74, 6) is 0.578. The van der Waals surface area contributed by atoms with Gasteiger partial charge in [0.15, 0.2) is 0 Å². The first-order valence-electron chi connectivity index (χ1n) is 5.56. The summed E-state index contributed by atoms with van der Waals surface area (Å²) in [5.41, 5.74) is 0.996. The fraction of sp³-hybridized carbons (Fsp3) is 0.500. The van der Waals surface area contributed by atoms with Crippen LogP contribution in [-0.2, 0) is 4.79 Å². The third-order valence-corrected chi connectivity index (χ3v) is 3.39. The average Bonchev–Trinajstić information content (AvgIpc) is 2.19. The van der Waals surface area contributed by atoms with Gasteiger partial charge in [-0.3, -0.25) is 4.79 Å². The lowest BCUT2D eigenvalue weighted by Crippen LogP contribution is -2.29. The SMILES string of the molecule is CC[C@@H](c1ccccc1)C(C)(C)C(C)=O. The van der Waals surface area contributed by atoms with Gasteiger partial charge in [-0.25, -0.2) is 0 Å². The van der Waals surface area contributed by atoms with Crippen molar-refractivity contribution in [2.75, 3.05) is 0 Å². The number of hydrogen-bond donors (Lipinski definition) is 0. The Bertz CT molecular complexity index is 324. The maximum atomic E-state index is 11.6. The zero-order valence-electron chi connectivity index (χ0n) is 10.1. The molecule has 0 aliphatic heterocycles. The number of benzene rings is 1. The minimum absolute atomic E-state index is 0.262. The molecule has 0 saturated carbocycles. The fourth-order valence-corrected chi connectivity index (χ4v) is 2.09. The van der Waals surface area contributed by atoms with Crippen LogP contribution in [0.25, 0.3) is 0 Å². The van der Waals surface area contributed by atoms with Crippen LogP contribution in [0.15, 0.2) is 30.3 Å². The van der Waals surface area contributed by atoms with Crippen molar-refractivity contribution in [3.8, 4) is 0 Å². The van der Waals surface area contributed by atoms with Crippen molar-refractivity contribution in [2.24, 2.45) is 5.41 Å². The van der Waals surface area contributed by atoms with Crippen molar-refractivity contribution in [3.63, 3.8) is 0 Å². The lowest BCUT2D eigenvalue weighted by atomic mass is 9.71. The molecule has 1 aromatic carbocycles. The zero-order valence-corrected chi connectivity index (χ0v) is 10.1. The van der Waals surface area contributed by atoms with Crippen molar-refractivity contribution in [1.82, 2.24) is 0 Å². The van der Waals surface area contributed by atoms with Gasteiger partial charge in [0.25, 0.3) is 0 Å². The van der Waals surface area contributed by atoms with Crippen molar-refractivity contribution < 1.29 is 4.79 Å². The summed E-state index contributed by atoms with van der Waals surface area (Å²) in [5, 5.41) is 0. The summed E-state index contributed by atoms with van der Waals surface area (Å²) in [4.78, 5) is 11.6. The smallest absolute Gasteiger partial charge is 0.136 e. The van der Waals surface area contributed by atoms with Crippen molar-refractivity contribution in [1.29, 1.82) is 0 Å². The van der Waals surface area contributed by atoms with Crippen molar-refractivity contribution in [3.05, 3.63) is 35.9 Å². The largest absolute Gasteiger partial charge is 0.299 e. The van der Waals surface area contributed by atoms with Gasteiger partial charge >= 0.3 is 0 Å². The normalized spacial score (nSPS) is 13.6. The first kappa shape index (κ1) is 12.0. The van der Waals surface area contributed by atoms with E-state index in [9.17, 15) is 4.79 Å². The molecular formula is C14H20O. The molecule has 15 heavy (non-hydrogen) atoms. The molecule has 1 nitrogen and oxygen atoms in total. The standard InChI is InChI=1S/C14H20O/c1-5-13(14(3,4)11(2)15)12-9-7-6-8-10-12/h6-10,13H,5H2,1-4H3/t13-/m0/s1. The van der Waals surface area contributed by atoms with E-state index in [0.717, 1.165) is 6.42 Å². The van der Waals surface area contributed by atoms with E-state index in [0.29, 0.717) is 5.92 Å². The van der Waals surface area contributed by atoms with E-state index in [-0.39, 0.29) is 11.2 Å². The van der Waals surface area contributed by atoms with Crippen LogP contribution < -0.4 is 0 Å². The molecule has 0 aliphatic rings. The highest BCUT2D eigenvalue weighted by molar-refractivity contribution is 5.82. The van der Waals surface area contributed by atoms with E-state index in [4.69, 9.17) is 0 Å². The van der Waals surface area contributed by atoms with Gasteiger partial charge in [-0.15, -0.1) is 0 Å². The molecule has 0 bridgehead atoms. The Morgan fingerprint density at radius 2 is 1.80 bits per heavy atom. The van der Waals surface area contributed by atoms with Crippen LogP contribution in [-0.4, -0.2) is 5.78 Å². The zero-order chi connectivity index (χ0) is 11.5. The summed E-state index contributed by atoms with van der Waals surface area (Å²) >= 11 is 0. The Morgan fingerprint density at radius 3 is 2.20 bits per heavy atom. The number of carbonyl (C=O) groups excluding carboxylic acids is 1. The monoisotopic (exact) mass is 204 g/mol. The second kappa shape index (κ2) is 4.61. The van der Waals surface area contributed by atoms with Crippen LogP contribution in [0, 0.1) is 5.41 Å². The summed E-state index contributed by atoms with van der Waals surface area (Å²) in [7, 11) is 0. The van der Waals surface area contributed by atoms with E-state index in [2.05, 4.69) is 19.1 Å². The molecule has 0 N–H and O–H groups in total. The van der Waals surface area contributed by atoms with E-state index in [1.165, 1.54) is 5.56 Å². The van der Waals surface area contributed by atoms with Crippen LogP contribution >= 0.6 is 0 Å². The van der Waals surface area contributed by atoms with E-state index < -0.39 is 0 Å². The number of carbonyl (C=O) groups is 1. The van der Waals surface area contributed by atoms with Gasteiger partial charge in [-0.05, 0) is 24.8 Å². The lowest BCUT2D eigenvalue weighted by Gasteiger charge is -2.31. The summed E-state index contributed by atoms with van der Waals surface area (Å²) in [6.07, 6.45) is 0.997. The molecule has 82 valence electrons. The molecule has 1 heteroatoms. The number of ketones is 1. The molecule has 1 atom stereocenters. The summed E-state index contributed by atoms with van der Waals surface area (Å²) in [6.45, 7) is 7.90. The molecule has 0 aromatic heterocycles. The van der Waals surface area contributed by atoms with Gasteiger partial charge in [0.2, 0.25) is 0 Å². The van der Waals surface area contributed by atoms with Crippen LogP contribution in [0.5, 0.6) is 0 Å². The van der Waals surface area contributed by atoms with Gasteiger partial charge in [0.1, 0.15) is 5.78 Å². The molecule has 1 rings (SSSR count). The topological polar surface area (TPSA) is 17.1 Å². The van der Waals surface area contributed by atoms with E-state index in [1.54, 1.807) is 6.92 Å². The van der Waals surface area contributed by atoms with Crippen LogP contribution in [0.3, 0.4) is 0 Å². The Balaban J connectivity index is 3.05. The minimum Gasteiger partial charge on any atom is -0.299 e. The molecule has 1 aromatic rings. The number of Topliss-reactive ketones (excluding diaryl/α,β-unsaturated/α-hetero) is 1. The summed E-state index contributed by atoms with van der Waals surface area (Å²) in [6, 6.07) is 10.3. The van der Waals surface area contributed by atoms with Crippen LogP contribution in [0.1, 0.15) is 45.6 Å². The second-order valence-electron chi connectivity index (χ2n) is 4.65. The molecular weight excluding hydrogens is 184 g/mol. The highest BCUT2D eigenvalue weighted by Crippen LogP contribution is 2.38. The highest BCUT2D eigenvalue weighted by Gasteiger charge is 2.33. The fourth-order valence-electron chi connectivity index (χ4n) is 2.09. The van der Waals surface area contributed by atoms with Gasteiger partial charge in [0.05, 0.1) is 0 Å². The van der Waals surface area contributed by atoms with Crippen molar-refractivity contribution in [2.45, 2.75) is 40.0 Å². The van der Waals surface area contributed by atoms with Crippen LogP contribution in [0.4, 0.5) is 0 Å². The Kier molecular flexibility index (Phi) is 3.67. The number of rotatable bonds is 4. The maximum absolute atomic E-state index is 11.6. The van der Waals surface area contributed by atoms with Gasteiger partial charge in [-0.1, -0.05) is 51.1 Å². The quantitative estimate of drug-likeness (QED) is 0.729. The molecule has 0 radical (unpaired) electrons. The third-order valence-electron chi connectivity index (χ3n) is 3.39. The van der Waals surface area contributed by atoms with Crippen molar-refractivity contribution >= 4 is 5.78 Å². The molecule has 0 spiro atoms. The average molecular weight is 204 g/mol. The minimum atomic E-state index is -0.268. The first-order chi connectivity index (χ1) is 7.00. The molecule has 0 saturated heterocycles. The number of hydrogen-bond acceptors (Lipinski definition) is 1. The summed E-state index contributed by atoms with van der Waals surface area (Å²) < 4.78 is 0. The van der Waals surface area contributed by atoms with Gasteiger partial charge < -0.3 is 0 Å². The Labute approximate surface area is 92.5 Å².